The highest BCUT2D eigenvalue weighted by molar-refractivity contribution is 8.00. The molecule has 140 valence electrons. The van der Waals surface area contributed by atoms with Crippen molar-refractivity contribution in [2.24, 2.45) is 10.2 Å². The lowest BCUT2D eigenvalue weighted by molar-refractivity contribution is -0.115. The minimum atomic E-state index is -0.385. The van der Waals surface area contributed by atoms with E-state index in [0.717, 1.165) is 5.69 Å². The zero-order chi connectivity index (χ0) is 19.5. The molecule has 6 nitrogen and oxygen atoms in total. The third kappa shape index (κ3) is 3.70. The zero-order valence-corrected chi connectivity index (χ0v) is 15.6. The number of phenolic OH excluding ortho intramolecular Hbond substituents is 2. The number of thioether (sulfide) groups is 1. The molecule has 2 N–H and O–H groups in total. The maximum absolute atomic E-state index is 12.5. The van der Waals surface area contributed by atoms with Gasteiger partial charge >= 0.3 is 0 Å². The van der Waals surface area contributed by atoms with Crippen molar-refractivity contribution in [1.29, 1.82) is 0 Å². The van der Waals surface area contributed by atoms with Crippen molar-refractivity contribution >= 4 is 34.7 Å². The van der Waals surface area contributed by atoms with Crippen LogP contribution in [0.3, 0.4) is 0 Å². The highest BCUT2D eigenvalue weighted by Gasteiger charge is 2.35. The first-order chi connectivity index (χ1) is 13.6. The van der Waals surface area contributed by atoms with Gasteiger partial charge in [0.05, 0.1) is 17.1 Å². The molecule has 4 rings (SSSR count). The Balaban J connectivity index is 1.66. The van der Waals surface area contributed by atoms with Gasteiger partial charge in [-0.1, -0.05) is 18.2 Å². The predicted molar refractivity (Wildman–Crippen MR) is 110 cm³/mol. The summed E-state index contributed by atoms with van der Waals surface area (Å²) >= 11 is 1.43. The summed E-state index contributed by atoms with van der Waals surface area (Å²) in [7, 11) is 0. The Labute approximate surface area is 166 Å². The maximum atomic E-state index is 12.5. The summed E-state index contributed by atoms with van der Waals surface area (Å²) in [6, 6.07) is 20.8. The predicted octanol–water partition coefficient (Wildman–Crippen LogP) is 5.29. The second kappa shape index (κ2) is 7.74. The molecular formula is C21H17N3O3S. The summed E-state index contributed by atoms with van der Waals surface area (Å²) < 4.78 is 0. The van der Waals surface area contributed by atoms with E-state index in [9.17, 15) is 15.0 Å². The monoisotopic (exact) mass is 391 g/mol. The summed E-state index contributed by atoms with van der Waals surface area (Å²) in [5.41, 5.74) is 2.57. The molecule has 0 aliphatic carbocycles. The molecule has 1 heterocycles. The van der Waals surface area contributed by atoms with E-state index in [1.807, 2.05) is 30.3 Å². The molecule has 3 aromatic carbocycles. The van der Waals surface area contributed by atoms with Gasteiger partial charge in [-0.2, -0.15) is 10.2 Å². The van der Waals surface area contributed by atoms with Crippen molar-refractivity contribution in [2.75, 3.05) is 10.7 Å². The fraction of sp³-hybridized carbons (Fsp3) is 0.0952. The summed E-state index contributed by atoms with van der Waals surface area (Å²) in [4.78, 5) is 14.1. The number of anilines is 1. The number of azo groups is 1. The number of phenols is 2. The van der Waals surface area contributed by atoms with Gasteiger partial charge in [-0.15, -0.1) is 11.8 Å². The van der Waals surface area contributed by atoms with Crippen LogP contribution in [0.5, 0.6) is 11.5 Å². The van der Waals surface area contributed by atoms with Gasteiger partial charge in [0, 0.05) is 11.3 Å². The van der Waals surface area contributed by atoms with E-state index in [1.54, 1.807) is 35.2 Å². The van der Waals surface area contributed by atoms with E-state index < -0.39 is 0 Å². The van der Waals surface area contributed by atoms with Crippen LogP contribution in [0.25, 0.3) is 0 Å². The fourth-order valence-electron chi connectivity index (χ4n) is 2.96. The first-order valence-corrected chi connectivity index (χ1v) is 9.69. The van der Waals surface area contributed by atoms with Gasteiger partial charge in [0.25, 0.3) is 0 Å². The molecular weight excluding hydrogens is 374 g/mol. The van der Waals surface area contributed by atoms with E-state index in [4.69, 9.17) is 0 Å². The lowest BCUT2D eigenvalue weighted by Crippen LogP contribution is -2.27. The lowest BCUT2D eigenvalue weighted by atomic mass is 10.1. The topological polar surface area (TPSA) is 85.5 Å². The Hall–Kier alpha value is -3.32. The molecule has 1 aliphatic rings. The van der Waals surface area contributed by atoms with Crippen LogP contribution in [-0.4, -0.2) is 21.9 Å². The lowest BCUT2D eigenvalue weighted by Gasteiger charge is -2.25. The first-order valence-electron chi connectivity index (χ1n) is 8.64. The SMILES string of the molecule is O=C1CSC(c2cc(N=Nc3ccccc3)ccc2O)N1c1ccc(O)cc1. The molecule has 0 aromatic heterocycles. The van der Waals surface area contributed by atoms with E-state index in [1.165, 1.54) is 23.9 Å². The van der Waals surface area contributed by atoms with Crippen molar-refractivity contribution in [2.45, 2.75) is 5.37 Å². The largest absolute Gasteiger partial charge is 0.508 e. The van der Waals surface area contributed by atoms with Gasteiger partial charge < -0.3 is 10.2 Å². The number of aromatic hydroxyl groups is 2. The molecule has 28 heavy (non-hydrogen) atoms. The molecule has 1 saturated heterocycles. The number of hydrogen-bond acceptors (Lipinski definition) is 6. The zero-order valence-electron chi connectivity index (χ0n) is 14.8. The Morgan fingerprint density at radius 2 is 1.61 bits per heavy atom. The number of rotatable bonds is 4. The Bertz CT molecular complexity index is 1020. The third-order valence-electron chi connectivity index (χ3n) is 4.31. The summed E-state index contributed by atoms with van der Waals surface area (Å²) in [5, 5.41) is 28.0. The average molecular weight is 391 g/mol. The van der Waals surface area contributed by atoms with E-state index >= 15 is 0 Å². The standard InChI is InChI=1S/C21H17N3O3S/c25-17-9-7-16(8-10-17)24-20(27)13-28-21(24)18-12-15(6-11-19(18)26)23-22-14-4-2-1-3-5-14/h1-12,21,25-26H,13H2. The highest BCUT2D eigenvalue weighted by Crippen LogP contribution is 2.45. The molecule has 1 amide bonds. The van der Waals surface area contributed by atoms with Crippen LogP contribution in [0.4, 0.5) is 17.1 Å². The number of carbonyl (C=O) groups excluding carboxylic acids is 1. The van der Waals surface area contributed by atoms with E-state index in [-0.39, 0.29) is 22.8 Å². The second-order valence-electron chi connectivity index (χ2n) is 6.22. The number of carbonyl (C=O) groups is 1. The van der Waals surface area contributed by atoms with Crippen molar-refractivity contribution in [3.8, 4) is 11.5 Å². The van der Waals surface area contributed by atoms with Crippen LogP contribution in [0.2, 0.25) is 0 Å². The molecule has 0 spiro atoms. The maximum Gasteiger partial charge on any atom is 0.238 e. The van der Waals surface area contributed by atoms with Gasteiger partial charge in [0.15, 0.2) is 0 Å². The minimum absolute atomic E-state index is 0.0589. The Morgan fingerprint density at radius 1 is 0.893 bits per heavy atom. The number of hydrogen-bond donors (Lipinski definition) is 2. The minimum Gasteiger partial charge on any atom is -0.508 e. The van der Waals surface area contributed by atoms with Gasteiger partial charge in [-0.25, -0.2) is 0 Å². The summed E-state index contributed by atoms with van der Waals surface area (Å²) in [6.45, 7) is 0. The fourth-order valence-corrected chi connectivity index (χ4v) is 4.15. The van der Waals surface area contributed by atoms with E-state index in [2.05, 4.69) is 10.2 Å². The molecule has 0 radical (unpaired) electrons. The van der Waals surface area contributed by atoms with Crippen LogP contribution >= 0.6 is 11.8 Å². The molecule has 3 aromatic rings. The Morgan fingerprint density at radius 3 is 2.36 bits per heavy atom. The summed E-state index contributed by atoms with van der Waals surface area (Å²) in [6.07, 6.45) is 0. The van der Waals surface area contributed by atoms with Crippen LogP contribution in [0.15, 0.2) is 83.0 Å². The van der Waals surface area contributed by atoms with Crippen LogP contribution in [0.1, 0.15) is 10.9 Å². The number of nitrogens with zero attached hydrogens (tertiary/aromatic N) is 3. The summed E-state index contributed by atoms with van der Waals surface area (Å²) in [5.74, 6) is 0.470. The van der Waals surface area contributed by atoms with Gasteiger partial charge in [0.2, 0.25) is 5.91 Å². The van der Waals surface area contributed by atoms with Crippen LogP contribution < -0.4 is 4.90 Å². The number of amides is 1. The Kier molecular flexibility index (Phi) is 4.99. The van der Waals surface area contributed by atoms with Crippen LogP contribution in [0, 0.1) is 0 Å². The highest BCUT2D eigenvalue weighted by atomic mass is 32.2. The second-order valence-corrected chi connectivity index (χ2v) is 7.29. The average Bonchev–Trinajstić information content (AvgIpc) is 3.10. The van der Waals surface area contributed by atoms with Gasteiger partial charge in [-0.05, 0) is 54.6 Å². The van der Waals surface area contributed by atoms with Crippen LogP contribution in [-0.2, 0) is 4.79 Å². The normalized spacial score (nSPS) is 16.8. The van der Waals surface area contributed by atoms with Crippen molar-refractivity contribution in [3.63, 3.8) is 0 Å². The van der Waals surface area contributed by atoms with Crippen molar-refractivity contribution in [1.82, 2.24) is 0 Å². The molecule has 0 saturated carbocycles. The smallest absolute Gasteiger partial charge is 0.238 e. The molecule has 1 unspecified atom stereocenters. The number of benzene rings is 3. The van der Waals surface area contributed by atoms with Crippen molar-refractivity contribution < 1.29 is 15.0 Å². The van der Waals surface area contributed by atoms with Crippen molar-refractivity contribution in [3.05, 3.63) is 78.4 Å². The van der Waals surface area contributed by atoms with E-state index in [0.29, 0.717) is 22.7 Å². The molecule has 7 heteroatoms. The van der Waals surface area contributed by atoms with Gasteiger partial charge in [0.1, 0.15) is 16.9 Å². The molecule has 1 fully saturated rings. The van der Waals surface area contributed by atoms with Gasteiger partial charge in [-0.3, -0.25) is 9.69 Å². The molecule has 0 bridgehead atoms. The quantitative estimate of drug-likeness (QED) is 0.592. The molecule has 1 aliphatic heterocycles. The first kappa shape index (κ1) is 18.1. The third-order valence-corrected chi connectivity index (χ3v) is 5.50. The molecule has 1 atom stereocenters.